The van der Waals surface area contributed by atoms with Gasteiger partial charge in [0, 0.05) is 35.2 Å². The number of benzene rings is 3. The molecule has 0 bridgehead atoms. The largest absolute Gasteiger partial charge is 0.352 e. The maximum atomic E-state index is 15.3. The summed E-state index contributed by atoms with van der Waals surface area (Å²) < 4.78 is 31.5. The summed E-state index contributed by atoms with van der Waals surface area (Å²) in [5.74, 6) is -1.87. The molecule has 0 saturated heterocycles. The molecule has 7 nitrogen and oxygen atoms in total. The summed E-state index contributed by atoms with van der Waals surface area (Å²) in [6, 6.07) is 21.4. The van der Waals surface area contributed by atoms with Crippen LogP contribution in [0.5, 0.6) is 0 Å². The van der Waals surface area contributed by atoms with Crippen molar-refractivity contribution >= 4 is 22.9 Å². The zero-order valence-electron chi connectivity index (χ0n) is 29.6. The van der Waals surface area contributed by atoms with Crippen molar-refractivity contribution in [2.24, 2.45) is 10.8 Å². The van der Waals surface area contributed by atoms with Gasteiger partial charge in [-0.2, -0.15) is 4.98 Å². The van der Waals surface area contributed by atoms with Gasteiger partial charge in [0.2, 0.25) is 5.95 Å². The van der Waals surface area contributed by atoms with E-state index in [1.54, 1.807) is 18.2 Å². The molecule has 2 heterocycles. The third-order valence-electron chi connectivity index (χ3n) is 8.73. The summed E-state index contributed by atoms with van der Waals surface area (Å²) in [6.07, 6.45) is 4.04. The van der Waals surface area contributed by atoms with E-state index in [9.17, 15) is 9.59 Å². The van der Waals surface area contributed by atoms with Crippen LogP contribution in [-0.2, 0) is 6.42 Å². The smallest absolute Gasteiger partial charge is 0.256 e. The van der Waals surface area contributed by atoms with Crippen molar-refractivity contribution in [1.82, 2.24) is 19.9 Å². The standard InChI is InChI=1S/C41H45F2N5O2/c1-8-41(6,7)25-29(24-40(3,4)5)45-39-46-35(30-19-20-34(49)48(37(30)47-39)36-32(42)15-12-16-33(36)43)31-23-28(18-17-26(31)2)38(50)44-22-21-27-13-10-9-11-14-27/h8-20,23,29H,1,21-22,24-25H2,2-7H3,(H,44,50)(H,45,46,47). The second kappa shape index (κ2) is 14.7. The number of fused-ring (bicyclic) bond motifs is 1. The number of aromatic nitrogens is 3. The molecule has 0 saturated carbocycles. The van der Waals surface area contributed by atoms with Crippen LogP contribution in [0, 0.1) is 29.4 Å². The SMILES string of the molecule is C=CC(C)(C)CC(CC(C)(C)C)Nc1nc(-c2cc(C(=O)NCCc3ccccc3)ccc2C)c2ccc(=O)n(-c3c(F)cccc3F)c2n1. The molecule has 3 aromatic carbocycles. The fourth-order valence-corrected chi connectivity index (χ4v) is 6.20. The maximum Gasteiger partial charge on any atom is 0.256 e. The van der Waals surface area contributed by atoms with Gasteiger partial charge >= 0.3 is 0 Å². The van der Waals surface area contributed by atoms with Crippen LogP contribution in [0.15, 0.2) is 96.3 Å². The first kappa shape index (κ1) is 36.1. The number of anilines is 1. The fraction of sp³-hybridized carbons (Fsp3) is 0.317. The molecule has 50 heavy (non-hydrogen) atoms. The van der Waals surface area contributed by atoms with Gasteiger partial charge in [0.15, 0.2) is 5.65 Å². The predicted octanol–water partition coefficient (Wildman–Crippen LogP) is 8.83. The molecular weight excluding hydrogens is 632 g/mol. The lowest BCUT2D eigenvalue weighted by molar-refractivity contribution is 0.0954. The first-order valence-electron chi connectivity index (χ1n) is 16.9. The van der Waals surface area contributed by atoms with E-state index in [4.69, 9.17) is 9.97 Å². The van der Waals surface area contributed by atoms with Gasteiger partial charge in [-0.1, -0.05) is 83.2 Å². The van der Waals surface area contributed by atoms with E-state index in [0.717, 1.165) is 34.2 Å². The van der Waals surface area contributed by atoms with E-state index in [1.807, 2.05) is 49.4 Å². The highest BCUT2D eigenvalue weighted by Gasteiger charge is 2.27. The molecule has 0 aliphatic carbocycles. The van der Waals surface area contributed by atoms with Crippen molar-refractivity contribution in [1.29, 1.82) is 0 Å². The van der Waals surface area contributed by atoms with Gasteiger partial charge < -0.3 is 10.6 Å². The average molecular weight is 678 g/mol. The van der Waals surface area contributed by atoms with E-state index >= 15 is 8.78 Å². The fourth-order valence-electron chi connectivity index (χ4n) is 6.20. The number of aryl methyl sites for hydroxylation is 1. The lowest BCUT2D eigenvalue weighted by Gasteiger charge is -2.32. The highest BCUT2D eigenvalue weighted by molar-refractivity contribution is 5.98. The van der Waals surface area contributed by atoms with Crippen molar-refractivity contribution in [3.8, 4) is 16.9 Å². The molecule has 2 aromatic heterocycles. The first-order valence-corrected chi connectivity index (χ1v) is 16.9. The second-order valence-electron chi connectivity index (χ2n) is 14.7. The van der Waals surface area contributed by atoms with E-state index in [1.165, 1.54) is 12.1 Å². The Kier molecular flexibility index (Phi) is 10.6. The maximum absolute atomic E-state index is 15.3. The van der Waals surface area contributed by atoms with Crippen LogP contribution in [0.4, 0.5) is 14.7 Å². The average Bonchev–Trinajstić information content (AvgIpc) is 3.05. The normalized spacial score (nSPS) is 12.5. The summed E-state index contributed by atoms with van der Waals surface area (Å²) in [4.78, 5) is 36.5. The summed E-state index contributed by atoms with van der Waals surface area (Å²) in [5.41, 5.74) is 1.95. The molecule has 0 fully saturated rings. The molecule has 0 spiro atoms. The molecule has 1 unspecified atom stereocenters. The van der Waals surface area contributed by atoms with Crippen LogP contribution in [0.3, 0.4) is 0 Å². The minimum Gasteiger partial charge on any atom is -0.352 e. The Morgan fingerprint density at radius 3 is 2.28 bits per heavy atom. The third-order valence-corrected chi connectivity index (χ3v) is 8.73. The van der Waals surface area contributed by atoms with Gasteiger partial charge in [0.05, 0.1) is 5.69 Å². The highest BCUT2D eigenvalue weighted by Crippen LogP contribution is 2.34. The number of pyridine rings is 1. The van der Waals surface area contributed by atoms with Crippen molar-refractivity contribution in [3.05, 3.63) is 130 Å². The number of hydrogen-bond donors (Lipinski definition) is 2. The minimum atomic E-state index is -0.905. The van der Waals surface area contributed by atoms with Crippen LogP contribution in [0.1, 0.15) is 68.9 Å². The molecule has 0 aliphatic heterocycles. The quantitative estimate of drug-likeness (QED) is 0.129. The van der Waals surface area contributed by atoms with Gasteiger partial charge in [-0.25, -0.2) is 13.8 Å². The van der Waals surface area contributed by atoms with E-state index in [-0.39, 0.29) is 34.4 Å². The Bertz CT molecular complexity index is 2060. The Balaban J connectivity index is 1.67. The Morgan fingerprint density at radius 1 is 0.920 bits per heavy atom. The molecule has 5 aromatic rings. The van der Waals surface area contributed by atoms with Crippen LogP contribution in [0.25, 0.3) is 28.0 Å². The lowest BCUT2D eigenvalue weighted by Crippen LogP contribution is -2.31. The summed E-state index contributed by atoms with van der Waals surface area (Å²) in [5, 5.41) is 6.89. The van der Waals surface area contributed by atoms with Crippen LogP contribution < -0.4 is 16.2 Å². The number of halogens is 2. The van der Waals surface area contributed by atoms with Gasteiger partial charge in [-0.15, -0.1) is 6.58 Å². The topological polar surface area (TPSA) is 88.9 Å². The molecule has 0 aliphatic rings. The molecule has 1 amide bonds. The Hall–Kier alpha value is -5.18. The summed E-state index contributed by atoms with van der Waals surface area (Å²) in [7, 11) is 0. The van der Waals surface area contributed by atoms with E-state index in [0.29, 0.717) is 41.6 Å². The number of hydrogen-bond acceptors (Lipinski definition) is 5. The minimum absolute atomic E-state index is 0.0311. The molecule has 1 atom stereocenters. The van der Waals surface area contributed by atoms with Crippen LogP contribution in [0.2, 0.25) is 0 Å². The highest BCUT2D eigenvalue weighted by atomic mass is 19.1. The number of carbonyl (C=O) groups is 1. The number of nitrogens with one attached hydrogen (secondary N) is 2. The molecule has 9 heteroatoms. The number of allylic oxidation sites excluding steroid dienone is 1. The van der Waals surface area contributed by atoms with E-state index < -0.39 is 22.9 Å². The molecule has 260 valence electrons. The Morgan fingerprint density at radius 2 is 1.62 bits per heavy atom. The van der Waals surface area contributed by atoms with E-state index in [2.05, 4.69) is 51.8 Å². The summed E-state index contributed by atoms with van der Waals surface area (Å²) in [6.45, 7) is 17.0. The van der Waals surface area contributed by atoms with Crippen molar-refractivity contribution in [2.45, 2.75) is 66.8 Å². The number of rotatable bonds is 12. The van der Waals surface area contributed by atoms with Crippen molar-refractivity contribution < 1.29 is 13.6 Å². The van der Waals surface area contributed by atoms with Crippen LogP contribution >= 0.6 is 0 Å². The van der Waals surface area contributed by atoms with Gasteiger partial charge in [-0.3, -0.25) is 14.2 Å². The monoisotopic (exact) mass is 677 g/mol. The number of para-hydroxylation sites is 1. The van der Waals surface area contributed by atoms with Gasteiger partial charge in [0.25, 0.3) is 11.5 Å². The predicted molar refractivity (Wildman–Crippen MR) is 198 cm³/mol. The van der Waals surface area contributed by atoms with Gasteiger partial charge in [-0.05, 0) is 78.5 Å². The molecular formula is C41H45F2N5O2. The second-order valence-corrected chi connectivity index (χ2v) is 14.7. The van der Waals surface area contributed by atoms with Gasteiger partial charge in [0.1, 0.15) is 17.3 Å². The molecule has 5 rings (SSSR count). The zero-order chi connectivity index (χ0) is 36.2. The lowest BCUT2D eigenvalue weighted by atomic mass is 9.79. The third kappa shape index (κ3) is 8.51. The first-order chi connectivity index (χ1) is 23.7. The molecule has 0 radical (unpaired) electrons. The molecule has 2 N–H and O–H groups in total. The Labute approximate surface area is 292 Å². The number of carbonyl (C=O) groups excluding carboxylic acids is 1. The van der Waals surface area contributed by atoms with Crippen LogP contribution in [-0.4, -0.2) is 33.0 Å². The summed E-state index contributed by atoms with van der Waals surface area (Å²) >= 11 is 0. The zero-order valence-corrected chi connectivity index (χ0v) is 29.6. The number of amides is 1. The van der Waals surface area contributed by atoms with Crippen molar-refractivity contribution in [2.75, 3.05) is 11.9 Å². The van der Waals surface area contributed by atoms with Crippen molar-refractivity contribution in [3.63, 3.8) is 0 Å². The number of nitrogens with zero attached hydrogens (tertiary/aromatic N) is 3.